The number of benzene rings is 2. The number of hydrogen-bond acceptors (Lipinski definition) is 4. The second-order valence-electron chi connectivity index (χ2n) is 5.41. The standard InChI is InChI=1S/C19H17NO4/c1-13(15-9-4-7-14-6-2-3-8-16(14)15)20-18(21)12-24-19(22)17-10-5-11-23-17/h2-11,13H,12H2,1H3,(H,20,21)/t13-/m0/s1. The number of fused-ring (bicyclic) bond motifs is 1. The molecule has 1 heterocycles. The normalized spacial score (nSPS) is 11.9. The third-order valence-corrected chi connectivity index (χ3v) is 3.72. The van der Waals surface area contributed by atoms with Crippen molar-refractivity contribution >= 4 is 22.6 Å². The Morgan fingerprint density at radius 2 is 1.88 bits per heavy atom. The van der Waals surface area contributed by atoms with Crippen molar-refractivity contribution in [3.8, 4) is 0 Å². The van der Waals surface area contributed by atoms with Gasteiger partial charge in [0, 0.05) is 0 Å². The highest BCUT2D eigenvalue weighted by molar-refractivity contribution is 5.89. The second kappa shape index (κ2) is 7.00. The zero-order valence-electron chi connectivity index (χ0n) is 13.2. The average molecular weight is 323 g/mol. The average Bonchev–Trinajstić information content (AvgIpc) is 3.14. The minimum absolute atomic E-state index is 0.0740. The van der Waals surface area contributed by atoms with Crippen LogP contribution in [0.4, 0.5) is 0 Å². The molecule has 1 N–H and O–H groups in total. The van der Waals surface area contributed by atoms with Crippen LogP contribution in [0.15, 0.2) is 65.3 Å². The van der Waals surface area contributed by atoms with Crippen LogP contribution in [0.5, 0.6) is 0 Å². The van der Waals surface area contributed by atoms with Gasteiger partial charge in [0.2, 0.25) is 5.76 Å². The predicted molar refractivity (Wildman–Crippen MR) is 89.5 cm³/mol. The molecule has 0 radical (unpaired) electrons. The number of furan rings is 1. The SMILES string of the molecule is C[C@H](NC(=O)COC(=O)c1ccco1)c1cccc2ccccc12. The van der Waals surface area contributed by atoms with E-state index in [1.165, 1.54) is 12.3 Å². The number of amides is 1. The highest BCUT2D eigenvalue weighted by atomic mass is 16.5. The first-order chi connectivity index (χ1) is 11.6. The Bertz CT molecular complexity index is 849. The highest BCUT2D eigenvalue weighted by Crippen LogP contribution is 2.23. The summed E-state index contributed by atoms with van der Waals surface area (Å²) >= 11 is 0. The molecule has 1 amide bonds. The van der Waals surface area contributed by atoms with Crippen LogP contribution in [-0.4, -0.2) is 18.5 Å². The number of hydrogen-bond donors (Lipinski definition) is 1. The Kier molecular flexibility index (Phi) is 4.61. The lowest BCUT2D eigenvalue weighted by atomic mass is 10.00. The van der Waals surface area contributed by atoms with E-state index in [2.05, 4.69) is 5.32 Å². The Balaban J connectivity index is 1.62. The Morgan fingerprint density at radius 1 is 1.08 bits per heavy atom. The van der Waals surface area contributed by atoms with E-state index in [0.29, 0.717) is 0 Å². The summed E-state index contributed by atoms with van der Waals surface area (Å²) in [4.78, 5) is 23.7. The van der Waals surface area contributed by atoms with Crippen LogP contribution in [0.25, 0.3) is 10.8 Å². The van der Waals surface area contributed by atoms with Gasteiger partial charge >= 0.3 is 5.97 Å². The molecule has 0 saturated heterocycles. The summed E-state index contributed by atoms with van der Waals surface area (Å²) in [5.74, 6) is -0.951. The first-order valence-electron chi connectivity index (χ1n) is 7.63. The first kappa shape index (κ1) is 15.8. The summed E-state index contributed by atoms with van der Waals surface area (Å²) in [6.07, 6.45) is 1.37. The van der Waals surface area contributed by atoms with Crippen molar-refractivity contribution in [3.05, 3.63) is 72.2 Å². The van der Waals surface area contributed by atoms with E-state index in [1.807, 2.05) is 49.4 Å². The number of ether oxygens (including phenoxy) is 1. The molecule has 0 aliphatic rings. The Labute approximate surface area is 139 Å². The molecule has 0 fully saturated rings. The molecule has 3 aromatic rings. The number of rotatable bonds is 5. The van der Waals surface area contributed by atoms with Crippen LogP contribution in [0.1, 0.15) is 29.1 Å². The van der Waals surface area contributed by atoms with E-state index < -0.39 is 5.97 Å². The van der Waals surface area contributed by atoms with Gasteiger partial charge in [-0.2, -0.15) is 0 Å². The van der Waals surface area contributed by atoms with Gasteiger partial charge in [0.25, 0.3) is 5.91 Å². The van der Waals surface area contributed by atoms with Crippen LogP contribution in [0.3, 0.4) is 0 Å². The summed E-state index contributed by atoms with van der Waals surface area (Å²) in [5, 5.41) is 5.04. The van der Waals surface area contributed by atoms with Gasteiger partial charge in [0.1, 0.15) is 0 Å². The fourth-order valence-corrected chi connectivity index (χ4v) is 2.59. The lowest BCUT2D eigenvalue weighted by molar-refractivity contribution is -0.124. The molecule has 3 rings (SSSR count). The minimum Gasteiger partial charge on any atom is -0.457 e. The molecule has 5 heteroatoms. The van der Waals surface area contributed by atoms with Gasteiger partial charge in [-0.1, -0.05) is 42.5 Å². The molecule has 1 aromatic heterocycles. The monoisotopic (exact) mass is 323 g/mol. The van der Waals surface area contributed by atoms with Crippen molar-refractivity contribution < 1.29 is 18.7 Å². The number of esters is 1. The lowest BCUT2D eigenvalue weighted by Gasteiger charge is -2.16. The topological polar surface area (TPSA) is 68.5 Å². The maximum Gasteiger partial charge on any atom is 0.374 e. The van der Waals surface area contributed by atoms with Crippen LogP contribution in [-0.2, 0) is 9.53 Å². The van der Waals surface area contributed by atoms with Gasteiger partial charge in [-0.25, -0.2) is 4.79 Å². The van der Waals surface area contributed by atoms with E-state index in [4.69, 9.17) is 9.15 Å². The summed E-state index contributed by atoms with van der Waals surface area (Å²) in [6.45, 7) is 1.54. The molecule has 0 aliphatic carbocycles. The summed E-state index contributed by atoms with van der Waals surface area (Å²) in [7, 11) is 0. The molecular weight excluding hydrogens is 306 g/mol. The molecule has 122 valence electrons. The van der Waals surface area contributed by atoms with Gasteiger partial charge < -0.3 is 14.5 Å². The molecular formula is C19H17NO4. The smallest absolute Gasteiger partial charge is 0.374 e. The van der Waals surface area contributed by atoms with E-state index in [1.54, 1.807) is 6.07 Å². The maximum atomic E-state index is 12.0. The third-order valence-electron chi connectivity index (χ3n) is 3.72. The summed E-state index contributed by atoms with van der Waals surface area (Å²) in [6, 6.07) is 16.8. The molecule has 0 saturated carbocycles. The second-order valence-corrected chi connectivity index (χ2v) is 5.41. The Morgan fingerprint density at radius 3 is 2.67 bits per heavy atom. The number of carbonyl (C=O) groups excluding carboxylic acids is 2. The number of nitrogens with one attached hydrogen (secondary N) is 1. The first-order valence-corrected chi connectivity index (χ1v) is 7.63. The molecule has 24 heavy (non-hydrogen) atoms. The van der Waals surface area contributed by atoms with Crippen molar-refractivity contribution in [2.45, 2.75) is 13.0 Å². The quantitative estimate of drug-likeness (QED) is 0.730. The van der Waals surface area contributed by atoms with Crippen LogP contribution >= 0.6 is 0 Å². The minimum atomic E-state index is -0.659. The van der Waals surface area contributed by atoms with Crippen molar-refractivity contribution in [2.75, 3.05) is 6.61 Å². The predicted octanol–water partition coefficient (Wildman–Crippen LogP) is 3.47. The highest BCUT2D eigenvalue weighted by Gasteiger charge is 2.15. The zero-order chi connectivity index (χ0) is 16.9. The number of carbonyl (C=O) groups is 2. The van der Waals surface area contributed by atoms with Gasteiger partial charge in [-0.05, 0) is 35.4 Å². The Hall–Kier alpha value is -3.08. The fraction of sp³-hybridized carbons (Fsp3) is 0.158. The molecule has 0 unspecified atom stereocenters. The van der Waals surface area contributed by atoms with Crippen LogP contribution in [0, 0.1) is 0 Å². The van der Waals surface area contributed by atoms with Gasteiger partial charge in [-0.3, -0.25) is 4.79 Å². The fourth-order valence-electron chi connectivity index (χ4n) is 2.59. The van der Waals surface area contributed by atoms with Crippen LogP contribution < -0.4 is 5.32 Å². The maximum absolute atomic E-state index is 12.0. The molecule has 1 atom stereocenters. The molecule has 2 aromatic carbocycles. The van der Waals surface area contributed by atoms with Crippen molar-refractivity contribution in [1.29, 1.82) is 0 Å². The van der Waals surface area contributed by atoms with Crippen molar-refractivity contribution in [2.24, 2.45) is 0 Å². The van der Waals surface area contributed by atoms with E-state index in [0.717, 1.165) is 16.3 Å². The zero-order valence-corrected chi connectivity index (χ0v) is 13.2. The van der Waals surface area contributed by atoms with Crippen molar-refractivity contribution in [3.63, 3.8) is 0 Å². The summed E-state index contributed by atoms with van der Waals surface area (Å²) < 4.78 is 9.85. The lowest BCUT2D eigenvalue weighted by Crippen LogP contribution is -2.31. The summed E-state index contributed by atoms with van der Waals surface area (Å²) in [5.41, 5.74) is 1.01. The largest absolute Gasteiger partial charge is 0.457 e. The van der Waals surface area contributed by atoms with Crippen molar-refractivity contribution in [1.82, 2.24) is 5.32 Å². The van der Waals surface area contributed by atoms with Gasteiger partial charge in [-0.15, -0.1) is 0 Å². The third kappa shape index (κ3) is 3.46. The van der Waals surface area contributed by atoms with Gasteiger partial charge in [0.05, 0.1) is 12.3 Å². The van der Waals surface area contributed by atoms with E-state index in [9.17, 15) is 9.59 Å². The van der Waals surface area contributed by atoms with E-state index >= 15 is 0 Å². The molecule has 5 nitrogen and oxygen atoms in total. The molecule has 0 spiro atoms. The van der Waals surface area contributed by atoms with E-state index in [-0.39, 0.29) is 24.3 Å². The van der Waals surface area contributed by atoms with Crippen LogP contribution in [0.2, 0.25) is 0 Å². The molecule has 0 bridgehead atoms. The molecule has 0 aliphatic heterocycles. The van der Waals surface area contributed by atoms with Gasteiger partial charge in [0.15, 0.2) is 6.61 Å².